The predicted molar refractivity (Wildman–Crippen MR) is 107 cm³/mol. The van der Waals surface area contributed by atoms with Gasteiger partial charge in [0.15, 0.2) is 0 Å². The molecule has 0 aliphatic rings. The van der Waals surface area contributed by atoms with E-state index in [2.05, 4.69) is 25.7 Å². The lowest BCUT2D eigenvalue weighted by Gasteiger charge is -2.12. The molecule has 6 nitrogen and oxygen atoms in total. The molecule has 4 N–H and O–H groups in total. The van der Waals surface area contributed by atoms with Gasteiger partial charge in [0.05, 0.1) is 11.7 Å². The highest BCUT2D eigenvalue weighted by molar-refractivity contribution is 7.18. The predicted octanol–water partition coefficient (Wildman–Crippen LogP) is 3.72. The molecule has 2 heterocycles. The van der Waals surface area contributed by atoms with Gasteiger partial charge in [-0.2, -0.15) is 5.10 Å². The average molecular weight is 385 g/mol. The Kier molecular flexibility index (Phi) is 4.83. The number of hydrogen-bond acceptors (Lipinski definition) is 6. The fourth-order valence-corrected chi connectivity index (χ4v) is 3.68. The zero-order valence-electron chi connectivity index (χ0n) is 13.8. The zero-order chi connectivity index (χ0) is 17.9. The summed E-state index contributed by atoms with van der Waals surface area (Å²) in [6, 6.07) is 13.7. The van der Waals surface area contributed by atoms with Crippen LogP contribution >= 0.6 is 22.9 Å². The molecule has 0 fully saturated rings. The summed E-state index contributed by atoms with van der Waals surface area (Å²) in [5, 5.41) is 22.1. The van der Waals surface area contributed by atoms with Crippen molar-refractivity contribution in [1.29, 1.82) is 0 Å². The third-order valence-electron chi connectivity index (χ3n) is 4.07. The lowest BCUT2D eigenvalue weighted by atomic mass is 10.1. The minimum Gasteiger partial charge on any atom is -0.359 e. The van der Waals surface area contributed by atoms with Crippen LogP contribution in [0.4, 0.5) is 5.13 Å². The monoisotopic (exact) mass is 384 g/mol. The van der Waals surface area contributed by atoms with Crippen molar-refractivity contribution in [2.45, 2.75) is 12.5 Å². The van der Waals surface area contributed by atoms with Crippen molar-refractivity contribution in [2.75, 3.05) is 11.9 Å². The molecule has 0 bridgehead atoms. The SMILES string of the molecule is N[C@H](CNc1nnc(-c2ccc3[nH]ncc3c2)s1)Cc1ccccc1Cl. The number of nitrogens with one attached hydrogen (secondary N) is 2. The summed E-state index contributed by atoms with van der Waals surface area (Å²) >= 11 is 7.69. The molecule has 0 spiro atoms. The number of H-pyrrole nitrogens is 1. The van der Waals surface area contributed by atoms with E-state index in [1.165, 1.54) is 11.3 Å². The summed E-state index contributed by atoms with van der Waals surface area (Å²) in [4.78, 5) is 0. The Hall–Kier alpha value is -2.48. The van der Waals surface area contributed by atoms with E-state index in [0.29, 0.717) is 13.0 Å². The van der Waals surface area contributed by atoms with Gasteiger partial charge < -0.3 is 11.1 Å². The van der Waals surface area contributed by atoms with Crippen LogP contribution < -0.4 is 11.1 Å². The van der Waals surface area contributed by atoms with E-state index in [1.54, 1.807) is 6.20 Å². The highest BCUT2D eigenvalue weighted by atomic mass is 35.5. The normalized spacial score (nSPS) is 12.4. The largest absolute Gasteiger partial charge is 0.359 e. The molecule has 8 heteroatoms. The minimum atomic E-state index is -0.0652. The maximum atomic E-state index is 6.22. The van der Waals surface area contributed by atoms with E-state index in [9.17, 15) is 0 Å². The van der Waals surface area contributed by atoms with Crippen LogP contribution in [0, 0.1) is 0 Å². The Morgan fingerprint density at radius 1 is 1.19 bits per heavy atom. The average Bonchev–Trinajstić information content (AvgIpc) is 3.30. The van der Waals surface area contributed by atoms with Crippen molar-refractivity contribution in [3.05, 3.63) is 59.2 Å². The molecular weight excluding hydrogens is 368 g/mol. The van der Waals surface area contributed by atoms with Gasteiger partial charge in [0, 0.05) is 28.6 Å². The minimum absolute atomic E-state index is 0.0652. The van der Waals surface area contributed by atoms with Crippen LogP contribution in [0.15, 0.2) is 48.7 Å². The maximum Gasteiger partial charge on any atom is 0.206 e. The van der Waals surface area contributed by atoms with Crippen LogP contribution in [0.1, 0.15) is 5.56 Å². The smallest absolute Gasteiger partial charge is 0.206 e. The van der Waals surface area contributed by atoms with Crippen molar-refractivity contribution in [3.63, 3.8) is 0 Å². The van der Waals surface area contributed by atoms with Gasteiger partial charge in [0.2, 0.25) is 5.13 Å². The first kappa shape index (κ1) is 17.0. The van der Waals surface area contributed by atoms with Crippen molar-refractivity contribution in [3.8, 4) is 10.6 Å². The Morgan fingerprint density at radius 2 is 2.08 bits per heavy atom. The lowest BCUT2D eigenvalue weighted by molar-refractivity contribution is 0.698. The summed E-state index contributed by atoms with van der Waals surface area (Å²) < 4.78 is 0. The number of rotatable bonds is 6. The molecule has 2 aromatic carbocycles. The first-order valence-corrected chi connectivity index (χ1v) is 9.38. The first-order valence-electron chi connectivity index (χ1n) is 8.19. The second-order valence-electron chi connectivity index (χ2n) is 6.02. The number of halogens is 1. The molecule has 26 heavy (non-hydrogen) atoms. The van der Waals surface area contributed by atoms with Gasteiger partial charge >= 0.3 is 0 Å². The number of aromatic amines is 1. The molecule has 0 aliphatic heterocycles. The Bertz CT molecular complexity index is 1030. The lowest BCUT2D eigenvalue weighted by Crippen LogP contribution is -2.31. The van der Waals surface area contributed by atoms with Gasteiger partial charge in [-0.25, -0.2) is 0 Å². The second kappa shape index (κ2) is 7.41. The Balaban J connectivity index is 1.39. The number of benzene rings is 2. The number of anilines is 1. The van der Waals surface area contributed by atoms with Crippen LogP contribution in [0.3, 0.4) is 0 Å². The van der Waals surface area contributed by atoms with Gasteiger partial charge in [-0.05, 0) is 36.2 Å². The first-order chi connectivity index (χ1) is 12.7. The third-order valence-corrected chi connectivity index (χ3v) is 5.37. The van der Waals surface area contributed by atoms with Gasteiger partial charge in [-0.1, -0.05) is 41.1 Å². The number of aromatic nitrogens is 4. The number of hydrogen-bond donors (Lipinski definition) is 3. The van der Waals surface area contributed by atoms with E-state index in [0.717, 1.165) is 37.2 Å². The molecule has 4 aromatic rings. The molecule has 0 aliphatic carbocycles. The molecule has 0 saturated heterocycles. The van der Waals surface area contributed by atoms with Crippen LogP contribution in [-0.4, -0.2) is 33.0 Å². The highest BCUT2D eigenvalue weighted by Gasteiger charge is 2.11. The topological polar surface area (TPSA) is 92.5 Å². The fraction of sp³-hybridized carbons (Fsp3) is 0.167. The van der Waals surface area contributed by atoms with Crippen molar-refractivity contribution in [2.24, 2.45) is 5.73 Å². The van der Waals surface area contributed by atoms with Crippen molar-refractivity contribution in [1.82, 2.24) is 20.4 Å². The molecular formula is C18H17ClN6S. The number of nitrogens with two attached hydrogens (primary N) is 1. The molecule has 0 radical (unpaired) electrons. The summed E-state index contributed by atoms with van der Waals surface area (Å²) in [6.45, 7) is 0.598. The van der Waals surface area contributed by atoms with Crippen LogP contribution in [0.25, 0.3) is 21.5 Å². The van der Waals surface area contributed by atoms with Crippen LogP contribution in [0.5, 0.6) is 0 Å². The Morgan fingerprint density at radius 3 is 2.96 bits per heavy atom. The molecule has 132 valence electrons. The van der Waals surface area contributed by atoms with Crippen molar-refractivity contribution < 1.29 is 0 Å². The van der Waals surface area contributed by atoms with Gasteiger partial charge in [0.25, 0.3) is 0 Å². The summed E-state index contributed by atoms with van der Waals surface area (Å²) in [6.07, 6.45) is 2.50. The van der Waals surface area contributed by atoms with E-state index in [-0.39, 0.29) is 6.04 Å². The maximum absolute atomic E-state index is 6.22. The van der Waals surface area contributed by atoms with Crippen molar-refractivity contribution >= 4 is 39.0 Å². The summed E-state index contributed by atoms with van der Waals surface area (Å²) in [5.41, 5.74) is 9.29. The molecule has 0 saturated carbocycles. The molecule has 1 atom stereocenters. The van der Waals surface area contributed by atoms with E-state index in [1.807, 2.05) is 42.5 Å². The molecule has 0 unspecified atom stereocenters. The quantitative estimate of drug-likeness (QED) is 0.471. The third kappa shape index (κ3) is 3.70. The highest BCUT2D eigenvalue weighted by Crippen LogP contribution is 2.28. The molecule has 4 rings (SSSR count). The standard InChI is InChI=1S/C18H17ClN6S/c19-15-4-2-1-3-11(15)8-14(20)10-21-18-25-24-17(26-18)12-5-6-16-13(7-12)9-22-23-16/h1-7,9,14H,8,10,20H2,(H,21,25)(H,22,23)/t14-/m0/s1. The van der Waals surface area contributed by atoms with E-state index in [4.69, 9.17) is 17.3 Å². The number of fused-ring (bicyclic) bond motifs is 1. The summed E-state index contributed by atoms with van der Waals surface area (Å²) in [5.74, 6) is 0. The van der Waals surface area contributed by atoms with E-state index < -0.39 is 0 Å². The van der Waals surface area contributed by atoms with Crippen LogP contribution in [-0.2, 0) is 6.42 Å². The van der Waals surface area contributed by atoms with Crippen LogP contribution in [0.2, 0.25) is 5.02 Å². The van der Waals surface area contributed by atoms with Gasteiger partial charge in [-0.15, -0.1) is 10.2 Å². The zero-order valence-corrected chi connectivity index (χ0v) is 15.4. The number of nitrogens with zero attached hydrogens (tertiary/aromatic N) is 3. The molecule has 2 aromatic heterocycles. The second-order valence-corrected chi connectivity index (χ2v) is 7.41. The van der Waals surface area contributed by atoms with E-state index >= 15 is 0 Å². The summed E-state index contributed by atoms with van der Waals surface area (Å²) in [7, 11) is 0. The van der Waals surface area contributed by atoms with Gasteiger partial charge in [0.1, 0.15) is 5.01 Å². The fourth-order valence-electron chi connectivity index (χ4n) is 2.72. The molecule has 0 amide bonds. The van der Waals surface area contributed by atoms with Gasteiger partial charge in [-0.3, -0.25) is 5.10 Å². The Labute approximate surface area is 159 Å².